The van der Waals surface area contributed by atoms with Crippen LogP contribution in [0, 0.1) is 6.92 Å². The van der Waals surface area contributed by atoms with E-state index in [1.54, 1.807) is 11.0 Å². The molecule has 0 heterocycles. The van der Waals surface area contributed by atoms with Crippen molar-refractivity contribution in [1.29, 1.82) is 0 Å². The van der Waals surface area contributed by atoms with Crippen LogP contribution >= 0.6 is 11.6 Å². The van der Waals surface area contributed by atoms with Gasteiger partial charge in [0, 0.05) is 36.3 Å². The molecule has 2 rings (SSSR count). The molecule has 0 unspecified atom stereocenters. The number of hydrogen-bond acceptors (Lipinski definition) is 2. The molecule has 2 aromatic carbocycles. The summed E-state index contributed by atoms with van der Waals surface area (Å²) in [5.74, 6) is -0.237. The lowest BCUT2D eigenvalue weighted by molar-refractivity contribution is -0.117. The maximum Gasteiger partial charge on any atom is 0.226 e. The summed E-state index contributed by atoms with van der Waals surface area (Å²) in [6.07, 6.45) is 0.211. The molecule has 0 aliphatic carbocycles. The van der Waals surface area contributed by atoms with Crippen molar-refractivity contribution in [2.45, 2.75) is 46.5 Å². The number of halogens is 1. The van der Waals surface area contributed by atoms with E-state index in [4.69, 9.17) is 11.6 Å². The monoisotopic (exact) mass is 386 g/mol. The molecule has 27 heavy (non-hydrogen) atoms. The number of rotatable bonds is 5. The molecular formula is C22H27ClN2O2. The number of carbonyl (C=O) groups is 2. The Hall–Kier alpha value is -2.33. The lowest BCUT2D eigenvalue weighted by Gasteiger charge is -2.23. The number of amides is 2. The van der Waals surface area contributed by atoms with Crippen LogP contribution < -0.4 is 10.2 Å². The predicted molar refractivity (Wildman–Crippen MR) is 113 cm³/mol. The zero-order valence-corrected chi connectivity index (χ0v) is 17.4. The third-order valence-electron chi connectivity index (χ3n) is 4.43. The molecule has 2 amide bonds. The number of nitrogens with one attached hydrogen (secondary N) is 1. The number of benzene rings is 2. The fourth-order valence-corrected chi connectivity index (χ4v) is 3.09. The lowest BCUT2D eigenvalue weighted by atomic mass is 9.87. The van der Waals surface area contributed by atoms with E-state index in [1.807, 2.05) is 43.3 Å². The van der Waals surface area contributed by atoms with E-state index in [9.17, 15) is 9.59 Å². The minimum Gasteiger partial charge on any atom is -0.326 e. The van der Waals surface area contributed by atoms with Crippen molar-refractivity contribution in [2.75, 3.05) is 16.8 Å². The molecule has 1 N–H and O–H groups in total. The van der Waals surface area contributed by atoms with E-state index < -0.39 is 0 Å². The Morgan fingerprint density at radius 2 is 1.70 bits per heavy atom. The molecule has 4 nitrogen and oxygen atoms in total. The molecule has 5 heteroatoms. The first-order valence-electron chi connectivity index (χ1n) is 9.02. The molecule has 144 valence electrons. The molecule has 0 aliphatic heterocycles. The van der Waals surface area contributed by atoms with Crippen LogP contribution in [0.25, 0.3) is 0 Å². The molecule has 0 atom stereocenters. The Bertz CT molecular complexity index is 823. The van der Waals surface area contributed by atoms with Gasteiger partial charge in [-0.3, -0.25) is 9.59 Å². The first-order valence-corrected chi connectivity index (χ1v) is 9.40. The van der Waals surface area contributed by atoms with Crippen LogP contribution in [0.4, 0.5) is 11.4 Å². The van der Waals surface area contributed by atoms with Gasteiger partial charge in [0.2, 0.25) is 11.8 Å². The quantitative estimate of drug-likeness (QED) is 0.755. The van der Waals surface area contributed by atoms with E-state index in [0.717, 1.165) is 16.9 Å². The summed E-state index contributed by atoms with van der Waals surface area (Å²) >= 11 is 5.99. The Kier molecular flexibility index (Phi) is 6.66. The summed E-state index contributed by atoms with van der Waals surface area (Å²) in [4.78, 5) is 26.0. The van der Waals surface area contributed by atoms with Gasteiger partial charge < -0.3 is 10.2 Å². The lowest BCUT2D eigenvalue weighted by Crippen LogP contribution is -2.32. The standard InChI is InChI=1S/C22H27ClN2O2/c1-15-14-18(23)8-11-20(15)25(16(2)26)13-12-21(27)24-19-9-6-17(7-10-19)22(3,4)5/h6-11,14H,12-13H2,1-5H3,(H,24,27). The van der Waals surface area contributed by atoms with Crippen LogP contribution in [-0.2, 0) is 15.0 Å². The van der Waals surface area contributed by atoms with Gasteiger partial charge >= 0.3 is 0 Å². The van der Waals surface area contributed by atoms with Gasteiger partial charge in [0.25, 0.3) is 0 Å². The molecule has 0 aliphatic rings. The summed E-state index contributed by atoms with van der Waals surface area (Å²) in [6, 6.07) is 13.2. The average molecular weight is 387 g/mol. The van der Waals surface area contributed by atoms with E-state index in [1.165, 1.54) is 12.5 Å². The van der Waals surface area contributed by atoms with Crippen LogP contribution in [0.5, 0.6) is 0 Å². The summed E-state index contributed by atoms with van der Waals surface area (Å²) in [5.41, 5.74) is 3.71. The third kappa shape index (κ3) is 5.83. The first-order chi connectivity index (χ1) is 12.6. The average Bonchev–Trinajstić information content (AvgIpc) is 2.56. The third-order valence-corrected chi connectivity index (χ3v) is 4.66. The van der Waals surface area contributed by atoms with Gasteiger partial charge in [-0.1, -0.05) is 44.5 Å². The highest BCUT2D eigenvalue weighted by Crippen LogP contribution is 2.25. The zero-order chi connectivity index (χ0) is 20.2. The summed E-state index contributed by atoms with van der Waals surface area (Å²) in [5, 5.41) is 3.51. The molecule has 0 saturated heterocycles. The fraction of sp³-hybridized carbons (Fsp3) is 0.364. The largest absolute Gasteiger partial charge is 0.326 e. The second-order valence-corrected chi connectivity index (χ2v) is 8.16. The SMILES string of the molecule is CC(=O)N(CCC(=O)Nc1ccc(C(C)(C)C)cc1)c1ccc(Cl)cc1C. The molecule has 0 aromatic heterocycles. The minimum absolute atomic E-state index is 0.0704. The number of hydrogen-bond donors (Lipinski definition) is 1. The van der Waals surface area contributed by atoms with Gasteiger partial charge in [0.15, 0.2) is 0 Å². The van der Waals surface area contributed by atoms with E-state index >= 15 is 0 Å². The van der Waals surface area contributed by atoms with Gasteiger partial charge in [0.1, 0.15) is 0 Å². The molecule has 0 saturated carbocycles. The fourth-order valence-electron chi connectivity index (χ4n) is 2.86. The van der Waals surface area contributed by atoms with Crippen molar-refractivity contribution in [3.05, 3.63) is 58.6 Å². The molecule has 0 fully saturated rings. The van der Waals surface area contributed by atoms with Crippen LogP contribution in [0.2, 0.25) is 5.02 Å². The molecular weight excluding hydrogens is 360 g/mol. The zero-order valence-electron chi connectivity index (χ0n) is 16.6. The van der Waals surface area contributed by atoms with Crippen molar-refractivity contribution in [3.63, 3.8) is 0 Å². The van der Waals surface area contributed by atoms with E-state index in [-0.39, 0.29) is 23.7 Å². The Morgan fingerprint density at radius 1 is 1.07 bits per heavy atom. The molecule has 2 aromatic rings. The van der Waals surface area contributed by atoms with Crippen molar-refractivity contribution < 1.29 is 9.59 Å². The van der Waals surface area contributed by atoms with E-state index in [2.05, 4.69) is 26.1 Å². The minimum atomic E-state index is -0.128. The number of aryl methyl sites for hydroxylation is 1. The smallest absolute Gasteiger partial charge is 0.226 e. The maximum atomic E-state index is 12.3. The van der Waals surface area contributed by atoms with Gasteiger partial charge in [0.05, 0.1) is 0 Å². The van der Waals surface area contributed by atoms with Crippen LogP contribution in [0.3, 0.4) is 0 Å². The van der Waals surface area contributed by atoms with Crippen LogP contribution in [0.1, 0.15) is 45.2 Å². The van der Waals surface area contributed by atoms with Crippen molar-refractivity contribution in [2.24, 2.45) is 0 Å². The van der Waals surface area contributed by atoms with Crippen LogP contribution in [0.15, 0.2) is 42.5 Å². The van der Waals surface area contributed by atoms with Crippen molar-refractivity contribution in [3.8, 4) is 0 Å². The van der Waals surface area contributed by atoms with E-state index in [0.29, 0.717) is 11.6 Å². The van der Waals surface area contributed by atoms with Gasteiger partial charge in [-0.2, -0.15) is 0 Å². The normalized spacial score (nSPS) is 11.2. The predicted octanol–water partition coefficient (Wildman–Crippen LogP) is 5.33. The second-order valence-electron chi connectivity index (χ2n) is 7.73. The number of nitrogens with zero attached hydrogens (tertiary/aromatic N) is 1. The van der Waals surface area contributed by atoms with Gasteiger partial charge in [-0.15, -0.1) is 0 Å². The summed E-state index contributed by atoms with van der Waals surface area (Å²) in [6.45, 7) is 10.1. The second kappa shape index (κ2) is 8.57. The van der Waals surface area contributed by atoms with Crippen molar-refractivity contribution >= 4 is 34.8 Å². The topological polar surface area (TPSA) is 49.4 Å². The highest BCUT2D eigenvalue weighted by atomic mass is 35.5. The Morgan fingerprint density at radius 3 is 2.22 bits per heavy atom. The maximum absolute atomic E-state index is 12.3. The number of carbonyl (C=O) groups excluding carboxylic acids is 2. The number of anilines is 2. The summed E-state index contributed by atoms with van der Waals surface area (Å²) in [7, 11) is 0. The molecule has 0 spiro atoms. The highest BCUT2D eigenvalue weighted by Gasteiger charge is 2.16. The van der Waals surface area contributed by atoms with Gasteiger partial charge in [-0.25, -0.2) is 0 Å². The first kappa shape index (κ1) is 21.0. The molecule has 0 radical (unpaired) electrons. The van der Waals surface area contributed by atoms with Gasteiger partial charge in [-0.05, 0) is 53.8 Å². The molecule has 0 bridgehead atoms. The Balaban J connectivity index is 2.01. The van der Waals surface area contributed by atoms with Crippen molar-refractivity contribution in [1.82, 2.24) is 0 Å². The highest BCUT2D eigenvalue weighted by molar-refractivity contribution is 6.30. The van der Waals surface area contributed by atoms with Crippen LogP contribution in [-0.4, -0.2) is 18.4 Å². The summed E-state index contributed by atoms with van der Waals surface area (Å²) < 4.78 is 0. The Labute approximate surface area is 166 Å².